The van der Waals surface area contributed by atoms with E-state index in [0.29, 0.717) is 12.2 Å². The SMILES string of the molecule is Cc1ccc2[nH]nc(C(=O)NCc3ccccc3C)c2c1. The second-order valence-electron chi connectivity index (χ2n) is 5.23. The minimum absolute atomic E-state index is 0.157. The lowest BCUT2D eigenvalue weighted by atomic mass is 10.1. The van der Waals surface area contributed by atoms with Crippen LogP contribution in [-0.2, 0) is 6.54 Å². The van der Waals surface area contributed by atoms with E-state index in [4.69, 9.17) is 0 Å². The fourth-order valence-electron chi connectivity index (χ4n) is 2.37. The second kappa shape index (κ2) is 5.40. The van der Waals surface area contributed by atoms with Crippen LogP contribution in [0.25, 0.3) is 10.9 Å². The lowest BCUT2D eigenvalue weighted by molar-refractivity contribution is 0.0947. The summed E-state index contributed by atoms with van der Waals surface area (Å²) in [6.45, 7) is 4.54. The van der Waals surface area contributed by atoms with Crippen LogP contribution in [0.1, 0.15) is 27.2 Å². The van der Waals surface area contributed by atoms with Gasteiger partial charge in [-0.25, -0.2) is 0 Å². The number of benzene rings is 2. The number of carbonyl (C=O) groups is 1. The van der Waals surface area contributed by atoms with E-state index in [1.165, 1.54) is 5.56 Å². The van der Waals surface area contributed by atoms with Crippen LogP contribution in [0, 0.1) is 13.8 Å². The molecule has 0 aliphatic heterocycles. The molecule has 2 N–H and O–H groups in total. The van der Waals surface area contributed by atoms with Gasteiger partial charge in [0, 0.05) is 11.9 Å². The van der Waals surface area contributed by atoms with Gasteiger partial charge in [0.25, 0.3) is 5.91 Å². The van der Waals surface area contributed by atoms with E-state index in [0.717, 1.165) is 22.0 Å². The number of amides is 1. The van der Waals surface area contributed by atoms with Crippen molar-refractivity contribution in [2.45, 2.75) is 20.4 Å². The minimum Gasteiger partial charge on any atom is -0.347 e. The predicted octanol–water partition coefficient (Wildman–Crippen LogP) is 3.11. The molecule has 1 heterocycles. The molecule has 4 nitrogen and oxygen atoms in total. The summed E-state index contributed by atoms with van der Waals surface area (Å²) in [5, 5.41) is 10.8. The van der Waals surface area contributed by atoms with E-state index in [9.17, 15) is 4.79 Å². The maximum absolute atomic E-state index is 12.3. The van der Waals surface area contributed by atoms with Crippen molar-refractivity contribution < 1.29 is 4.79 Å². The molecule has 0 saturated heterocycles. The molecular formula is C17H17N3O. The first kappa shape index (κ1) is 13.4. The summed E-state index contributed by atoms with van der Waals surface area (Å²) < 4.78 is 0. The average Bonchev–Trinajstić information content (AvgIpc) is 2.89. The number of carbonyl (C=O) groups excluding carboxylic acids is 1. The number of rotatable bonds is 3. The summed E-state index contributed by atoms with van der Waals surface area (Å²) >= 11 is 0. The number of hydrogen-bond donors (Lipinski definition) is 2. The fraction of sp³-hybridized carbons (Fsp3) is 0.176. The lowest BCUT2D eigenvalue weighted by Gasteiger charge is -2.06. The smallest absolute Gasteiger partial charge is 0.272 e. The maximum Gasteiger partial charge on any atom is 0.272 e. The van der Waals surface area contributed by atoms with Crippen molar-refractivity contribution in [2.24, 2.45) is 0 Å². The van der Waals surface area contributed by atoms with Crippen molar-refractivity contribution in [3.63, 3.8) is 0 Å². The van der Waals surface area contributed by atoms with Gasteiger partial charge < -0.3 is 5.32 Å². The number of aromatic amines is 1. The number of H-pyrrole nitrogens is 1. The molecule has 3 rings (SSSR count). The fourth-order valence-corrected chi connectivity index (χ4v) is 2.37. The van der Waals surface area contributed by atoms with Crippen LogP contribution in [0.5, 0.6) is 0 Å². The van der Waals surface area contributed by atoms with Gasteiger partial charge in [-0.3, -0.25) is 9.89 Å². The third kappa shape index (κ3) is 2.65. The van der Waals surface area contributed by atoms with E-state index in [-0.39, 0.29) is 5.91 Å². The van der Waals surface area contributed by atoms with Gasteiger partial charge in [0.15, 0.2) is 5.69 Å². The van der Waals surface area contributed by atoms with E-state index in [2.05, 4.69) is 15.5 Å². The molecule has 0 saturated carbocycles. The van der Waals surface area contributed by atoms with Crippen LogP contribution in [0.3, 0.4) is 0 Å². The predicted molar refractivity (Wildman–Crippen MR) is 83.2 cm³/mol. The molecule has 0 atom stereocenters. The Hall–Kier alpha value is -2.62. The topological polar surface area (TPSA) is 57.8 Å². The Labute approximate surface area is 123 Å². The van der Waals surface area contributed by atoms with Crippen molar-refractivity contribution in [1.82, 2.24) is 15.5 Å². The number of hydrogen-bond acceptors (Lipinski definition) is 2. The van der Waals surface area contributed by atoms with Crippen LogP contribution < -0.4 is 5.32 Å². The Morgan fingerprint density at radius 2 is 2.00 bits per heavy atom. The quantitative estimate of drug-likeness (QED) is 0.774. The summed E-state index contributed by atoms with van der Waals surface area (Å²) in [5.41, 5.74) is 4.71. The summed E-state index contributed by atoms with van der Waals surface area (Å²) in [4.78, 5) is 12.3. The standard InChI is InChI=1S/C17H17N3O/c1-11-7-8-15-14(9-11)16(20-19-15)17(21)18-10-13-6-4-3-5-12(13)2/h3-9H,10H2,1-2H3,(H,18,21)(H,19,20). The maximum atomic E-state index is 12.3. The summed E-state index contributed by atoms with van der Waals surface area (Å²) in [6.07, 6.45) is 0. The van der Waals surface area contributed by atoms with Crippen molar-refractivity contribution in [3.8, 4) is 0 Å². The monoisotopic (exact) mass is 279 g/mol. The zero-order chi connectivity index (χ0) is 14.8. The van der Waals surface area contributed by atoms with Crippen LogP contribution in [0.15, 0.2) is 42.5 Å². The zero-order valence-corrected chi connectivity index (χ0v) is 12.1. The highest BCUT2D eigenvalue weighted by molar-refractivity contribution is 6.04. The van der Waals surface area contributed by atoms with Gasteiger partial charge in [0.1, 0.15) is 0 Å². The molecule has 0 aliphatic carbocycles. The van der Waals surface area contributed by atoms with Crippen LogP contribution >= 0.6 is 0 Å². The van der Waals surface area contributed by atoms with Gasteiger partial charge in [-0.1, -0.05) is 35.9 Å². The van der Waals surface area contributed by atoms with Crippen LogP contribution in [0.2, 0.25) is 0 Å². The third-order valence-electron chi connectivity index (χ3n) is 3.63. The molecule has 0 bridgehead atoms. The number of nitrogens with zero attached hydrogens (tertiary/aromatic N) is 1. The van der Waals surface area contributed by atoms with Crippen molar-refractivity contribution in [1.29, 1.82) is 0 Å². The molecule has 0 aliphatic rings. The van der Waals surface area contributed by atoms with E-state index in [1.807, 2.05) is 56.3 Å². The minimum atomic E-state index is -0.157. The third-order valence-corrected chi connectivity index (χ3v) is 3.63. The van der Waals surface area contributed by atoms with Crippen molar-refractivity contribution >= 4 is 16.8 Å². The molecule has 1 amide bonds. The Bertz CT molecular complexity index is 805. The van der Waals surface area contributed by atoms with Gasteiger partial charge in [-0.05, 0) is 37.1 Å². The molecular weight excluding hydrogens is 262 g/mol. The van der Waals surface area contributed by atoms with Gasteiger partial charge in [0.2, 0.25) is 0 Å². The van der Waals surface area contributed by atoms with E-state index >= 15 is 0 Å². The average molecular weight is 279 g/mol. The molecule has 3 aromatic rings. The lowest BCUT2D eigenvalue weighted by Crippen LogP contribution is -2.23. The Morgan fingerprint density at radius 1 is 1.19 bits per heavy atom. The number of nitrogens with one attached hydrogen (secondary N) is 2. The zero-order valence-electron chi connectivity index (χ0n) is 12.1. The molecule has 106 valence electrons. The molecule has 0 fully saturated rings. The van der Waals surface area contributed by atoms with Gasteiger partial charge >= 0.3 is 0 Å². The number of aromatic nitrogens is 2. The molecule has 0 spiro atoms. The second-order valence-corrected chi connectivity index (χ2v) is 5.23. The Balaban J connectivity index is 1.81. The highest BCUT2D eigenvalue weighted by Gasteiger charge is 2.14. The van der Waals surface area contributed by atoms with E-state index < -0.39 is 0 Å². The van der Waals surface area contributed by atoms with Gasteiger partial charge in [0.05, 0.1) is 5.52 Å². The van der Waals surface area contributed by atoms with Crippen molar-refractivity contribution in [3.05, 3.63) is 64.8 Å². The highest BCUT2D eigenvalue weighted by atomic mass is 16.1. The molecule has 2 aromatic carbocycles. The molecule has 4 heteroatoms. The summed E-state index contributed by atoms with van der Waals surface area (Å²) in [5.74, 6) is -0.157. The Morgan fingerprint density at radius 3 is 2.81 bits per heavy atom. The molecule has 0 unspecified atom stereocenters. The van der Waals surface area contributed by atoms with Gasteiger partial charge in [-0.15, -0.1) is 0 Å². The first-order valence-corrected chi connectivity index (χ1v) is 6.92. The molecule has 21 heavy (non-hydrogen) atoms. The summed E-state index contributed by atoms with van der Waals surface area (Å²) in [6, 6.07) is 13.9. The van der Waals surface area contributed by atoms with E-state index in [1.54, 1.807) is 0 Å². The number of fused-ring (bicyclic) bond motifs is 1. The number of aryl methyl sites for hydroxylation is 2. The molecule has 1 aromatic heterocycles. The van der Waals surface area contributed by atoms with Crippen molar-refractivity contribution in [2.75, 3.05) is 0 Å². The highest BCUT2D eigenvalue weighted by Crippen LogP contribution is 2.17. The largest absolute Gasteiger partial charge is 0.347 e. The summed E-state index contributed by atoms with van der Waals surface area (Å²) in [7, 11) is 0. The first-order valence-electron chi connectivity index (χ1n) is 6.92. The first-order chi connectivity index (χ1) is 10.1. The molecule has 0 radical (unpaired) electrons. The van der Waals surface area contributed by atoms with Crippen LogP contribution in [0.4, 0.5) is 0 Å². The van der Waals surface area contributed by atoms with Gasteiger partial charge in [-0.2, -0.15) is 5.10 Å². The van der Waals surface area contributed by atoms with Crippen LogP contribution in [-0.4, -0.2) is 16.1 Å². The normalized spacial score (nSPS) is 10.8. The Kier molecular flexibility index (Phi) is 3.44.